The number of esters is 1. The summed E-state index contributed by atoms with van der Waals surface area (Å²) in [6.07, 6.45) is 7.30. The topological polar surface area (TPSA) is 55.4 Å². The number of thiophene rings is 1. The number of methoxy groups -OCH3 is 1. The Balaban J connectivity index is 1.59. The standard InChI is InChI=1S/C23H21NO3S/c1-27-23(26)21-18-11-4-5-12-19(18)28-22(21)24-20(25)14-13-16-9-6-8-15-7-2-3-10-17(15)16/h2-3,6-10,13-14H,4-5,11-12H2,1H3,(H,24,25)/b14-13+. The maximum Gasteiger partial charge on any atom is 0.341 e. The number of carbonyl (C=O) groups is 2. The first kappa shape index (κ1) is 18.4. The lowest BCUT2D eigenvalue weighted by Gasteiger charge is -2.11. The summed E-state index contributed by atoms with van der Waals surface area (Å²) in [5.74, 6) is -0.635. The fourth-order valence-corrected chi connectivity index (χ4v) is 4.97. The minimum Gasteiger partial charge on any atom is -0.465 e. The number of benzene rings is 2. The molecule has 2 aromatic carbocycles. The summed E-state index contributed by atoms with van der Waals surface area (Å²) in [5.41, 5.74) is 2.54. The van der Waals surface area contributed by atoms with Crippen LogP contribution < -0.4 is 5.32 Å². The number of amides is 1. The van der Waals surface area contributed by atoms with E-state index in [1.807, 2.05) is 48.5 Å². The molecule has 3 aromatic rings. The largest absolute Gasteiger partial charge is 0.465 e. The lowest BCUT2D eigenvalue weighted by molar-refractivity contribution is -0.111. The van der Waals surface area contributed by atoms with E-state index >= 15 is 0 Å². The molecule has 0 atom stereocenters. The van der Waals surface area contributed by atoms with Crippen LogP contribution in [-0.4, -0.2) is 19.0 Å². The van der Waals surface area contributed by atoms with Gasteiger partial charge in [-0.2, -0.15) is 0 Å². The number of hydrogen-bond donors (Lipinski definition) is 1. The van der Waals surface area contributed by atoms with Gasteiger partial charge >= 0.3 is 5.97 Å². The molecule has 4 rings (SSSR count). The zero-order valence-corrected chi connectivity index (χ0v) is 16.5. The molecule has 1 aromatic heterocycles. The molecule has 0 fully saturated rings. The SMILES string of the molecule is COC(=O)c1c(NC(=O)/C=C/c2cccc3ccccc23)sc2c1CCCC2. The molecule has 1 N–H and O–H groups in total. The molecule has 0 aliphatic heterocycles. The quantitative estimate of drug-likeness (QED) is 0.490. The van der Waals surface area contributed by atoms with E-state index in [2.05, 4.69) is 5.32 Å². The first-order valence-corrected chi connectivity index (χ1v) is 10.2. The second kappa shape index (κ2) is 7.98. The van der Waals surface area contributed by atoms with Crippen molar-refractivity contribution < 1.29 is 14.3 Å². The second-order valence-electron chi connectivity index (χ2n) is 6.80. The molecule has 28 heavy (non-hydrogen) atoms. The van der Waals surface area contributed by atoms with Gasteiger partial charge in [-0.15, -0.1) is 11.3 Å². The molecule has 142 valence electrons. The highest BCUT2D eigenvalue weighted by molar-refractivity contribution is 7.17. The average Bonchev–Trinajstić information content (AvgIpc) is 3.09. The number of anilines is 1. The third-order valence-electron chi connectivity index (χ3n) is 5.04. The van der Waals surface area contributed by atoms with Crippen LogP contribution in [-0.2, 0) is 22.4 Å². The fraction of sp³-hybridized carbons (Fsp3) is 0.217. The Morgan fingerprint density at radius 1 is 1.07 bits per heavy atom. The molecule has 0 saturated carbocycles. The van der Waals surface area contributed by atoms with Crippen LogP contribution in [0.4, 0.5) is 5.00 Å². The van der Waals surface area contributed by atoms with Gasteiger partial charge in [-0.3, -0.25) is 4.79 Å². The molecule has 0 saturated heterocycles. The minimum atomic E-state index is -0.382. The molecule has 4 nitrogen and oxygen atoms in total. The van der Waals surface area contributed by atoms with Crippen molar-refractivity contribution in [3.05, 3.63) is 70.1 Å². The van der Waals surface area contributed by atoms with Gasteiger partial charge in [-0.05, 0) is 53.7 Å². The Hall–Kier alpha value is -2.92. The molecule has 0 unspecified atom stereocenters. The van der Waals surface area contributed by atoms with Gasteiger partial charge in [0.2, 0.25) is 5.91 Å². The van der Waals surface area contributed by atoms with E-state index in [9.17, 15) is 9.59 Å². The zero-order chi connectivity index (χ0) is 19.5. The van der Waals surface area contributed by atoms with Crippen LogP contribution in [0.2, 0.25) is 0 Å². The number of carbonyl (C=O) groups excluding carboxylic acids is 2. The van der Waals surface area contributed by atoms with E-state index in [1.54, 1.807) is 0 Å². The minimum absolute atomic E-state index is 0.253. The van der Waals surface area contributed by atoms with Gasteiger partial charge in [0.15, 0.2) is 0 Å². The number of aryl methyl sites for hydroxylation is 1. The van der Waals surface area contributed by atoms with Gasteiger partial charge in [0.25, 0.3) is 0 Å². The normalized spacial score (nSPS) is 13.5. The molecular weight excluding hydrogens is 370 g/mol. The Morgan fingerprint density at radius 2 is 1.86 bits per heavy atom. The van der Waals surface area contributed by atoms with Gasteiger partial charge in [-0.1, -0.05) is 42.5 Å². The van der Waals surface area contributed by atoms with Crippen LogP contribution in [0, 0.1) is 0 Å². The predicted molar refractivity (Wildman–Crippen MR) is 114 cm³/mol. The molecule has 0 bridgehead atoms. The molecule has 1 heterocycles. The van der Waals surface area contributed by atoms with Gasteiger partial charge in [0.05, 0.1) is 12.7 Å². The average molecular weight is 391 g/mol. The number of fused-ring (bicyclic) bond motifs is 2. The third kappa shape index (κ3) is 3.58. The summed E-state index contributed by atoms with van der Waals surface area (Å²) >= 11 is 1.49. The monoisotopic (exact) mass is 391 g/mol. The van der Waals surface area contributed by atoms with Crippen molar-refractivity contribution in [3.8, 4) is 0 Å². The number of ether oxygens (including phenoxy) is 1. The predicted octanol–water partition coefficient (Wildman–Crippen LogP) is 5.22. The van der Waals surface area contributed by atoms with Crippen molar-refractivity contribution in [2.75, 3.05) is 12.4 Å². The molecule has 0 spiro atoms. The number of nitrogens with one attached hydrogen (secondary N) is 1. The van der Waals surface area contributed by atoms with Gasteiger partial charge in [0.1, 0.15) is 5.00 Å². The first-order valence-electron chi connectivity index (χ1n) is 9.37. The Bertz CT molecular complexity index is 1080. The first-order chi connectivity index (χ1) is 13.7. The van der Waals surface area contributed by atoms with E-state index < -0.39 is 0 Å². The van der Waals surface area contributed by atoms with E-state index in [1.165, 1.54) is 29.4 Å². The summed E-state index contributed by atoms with van der Waals surface area (Å²) in [6.45, 7) is 0. The van der Waals surface area contributed by atoms with Crippen LogP contribution in [0.1, 0.15) is 39.2 Å². The Labute approximate surface area is 167 Å². The van der Waals surface area contributed by atoms with Crippen LogP contribution in [0.5, 0.6) is 0 Å². The molecule has 0 radical (unpaired) electrons. The fourth-order valence-electron chi connectivity index (χ4n) is 3.69. The van der Waals surface area contributed by atoms with Gasteiger partial charge in [-0.25, -0.2) is 4.79 Å². The molecular formula is C23H21NO3S. The summed E-state index contributed by atoms with van der Waals surface area (Å²) in [6, 6.07) is 14.1. The van der Waals surface area contributed by atoms with E-state index in [4.69, 9.17) is 4.74 Å². The van der Waals surface area contributed by atoms with Crippen molar-refractivity contribution in [1.82, 2.24) is 0 Å². The number of rotatable bonds is 4. The molecule has 5 heteroatoms. The Kier molecular flexibility index (Phi) is 5.26. The smallest absolute Gasteiger partial charge is 0.341 e. The van der Waals surface area contributed by atoms with Crippen molar-refractivity contribution in [2.45, 2.75) is 25.7 Å². The zero-order valence-electron chi connectivity index (χ0n) is 15.7. The summed E-state index contributed by atoms with van der Waals surface area (Å²) in [4.78, 5) is 26.0. The van der Waals surface area contributed by atoms with Crippen LogP contribution in [0.25, 0.3) is 16.8 Å². The van der Waals surface area contributed by atoms with E-state index in [0.29, 0.717) is 10.6 Å². The summed E-state index contributed by atoms with van der Waals surface area (Å²) in [5, 5.41) is 5.70. The maximum atomic E-state index is 12.6. The van der Waals surface area contributed by atoms with Crippen LogP contribution >= 0.6 is 11.3 Å². The number of hydrogen-bond acceptors (Lipinski definition) is 4. The highest BCUT2D eigenvalue weighted by Crippen LogP contribution is 2.38. The summed E-state index contributed by atoms with van der Waals surface area (Å²) < 4.78 is 4.96. The van der Waals surface area contributed by atoms with Crippen molar-refractivity contribution in [1.29, 1.82) is 0 Å². The third-order valence-corrected chi connectivity index (χ3v) is 6.24. The lowest BCUT2D eigenvalue weighted by atomic mass is 9.95. The maximum absolute atomic E-state index is 12.6. The van der Waals surface area contributed by atoms with Crippen molar-refractivity contribution in [3.63, 3.8) is 0 Å². The van der Waals surface area contributed by atoms with E-state index in [-0.39, 0.29) is 11.9 Å². The Morgan fingerprint density at radius 3 is 2.71 bits per heavy atom. The summed E-state index contributed by atoms with van der Waals surface area (Å²) in [7, 11) is 1.38. The van der Waals surface area contributed by atoms with Gasteiger partial charge in [0, 0.05) is 11.0 Å². The van der Waals surface area contributed by atoms with E-state index in [0.717, 1.165) is 47.6 Å². The van der Waals surface area contributed by atoms with Crippen molar-refractivity contribution >= 4 is 45.1 Å². The molecule has 1 aliphatic carbocycles. The highest BCUT2D eigenvalue weighted by atomic mass is 32.1. The van der Waals surface area contributed by atoms with Crippen LogP contribution in [0.3, 0.4) is 0 Å². The van der Waals surface area contributed by atoms with Crippen LogP contribution in [0.15, 0.2) is 48.5 Å². The lowest BCUT2D eigenvalue weighted by Crippen LogP contribution is -2.13. The second-order valence-corrected chi connectivity index (χ2v) is 7.90. The van der Waals surface area contributed by atoms with Gasteiger partial charge < -0.3 is 10.1 Å². The molecule has 1 aliphatic rings. The molecule has 1 amide bonds. The van der Waals surface area contributed by atoms with Crippen molar-refractivity contribution in [2.24, 2.45) is 0 Å². The highest BCUT2D eigenvalue weighted by Gasteiger charge is 2.26.